The molecule has 2 aromatic carbocycles. The van der Waals surface area contributed by atoms with Gasteiger partial charge >= 0.3 is 0 Å². The van der Waals surface area contributed by atoms with Crippen LogP contribution in [0.5, 0.6) is 0 Å². The Labute approximate surface area is 124 Å². The van der Waals surface area contributed by atoms with Crippen LogP contribution >= 0.6 is 15.9 Å². The van der Waals surface area contributed by atoms with E-state index in [2.05, 4.69) is 21.2 Å². The van der Waals surface area contributed by atoms with E-state index in [1.54, 1.807) is 12.1 Å². The fourth-order valence-electron chi connectivity index (χ4n) is 1.45. The summed E-state index contributed by atoms with van der Waals surface area (Å²) in [6, 6.07) is 10.3. The first kappa shape index (κ1) is 16.1. The fraction of sp³-hybridized carbons (Fsp3) is 0.143. The number of anilines is 2. The molecular formula is C14H14BrFN2O2. The lowest BCUT2D eigenvalue weighted by molar-refractivity contribution is -0.384. The zero-order valence-electron chi connectivity index (χ0n) is 11.1. The number of nitro benzene ring substituents is 1. The summed E-state index contributed by atoms with van der Waals surface area (Å²) in [5, 5.41) is 13.8. The lowest BCUT2D eigenvalue weighted by Gasteiger charge is -2.07. The van der Waals surface area contributed by atoms with E-state index in [1.165, 1.54) is 30.3 Å². The van der Waals surface area contributed by atoms with E-state index >= 15 is 0 Å². The summed E-state index contributed by atoms with van der Waals surface area (Å²) in [6.07, 6.45) is 0. The first-order valence-electron chi connectivity index (χ1n) is 6.03. The molecule has 2 aromatic rings. The zero-order valence-corrected chi connectivity index (χ0v) is 12.6. The fourth-order valence-corrected chi connectivity index (χ4v) is 1.80. The van der Waals surface area contributed by atoms with Gasteiger partial charge in [-0.15, -0.1) is 0 Å². The van der Waals surface area contributed by atoms with Gasteiger partial charge in [0.25, 0.3) is 5.69 Å². The highest BCUT2D eigenvalue weighted by molar-refractivity contribution is 9.10. The second-order valence-electron chi connectivity index (χ2n) is 3.55. The molecule has 0 unspecified atom stereocenters. The van der Waals surface area contributed by atoms with Gasteiger partial charge in [0, 0.05) is 16.2 Å². The van der Waals surface area contributed by atoms with E-state index in [1.807, 2.05) is 13.8 Å². The van der Waals surface area contributed by atoms with E-state index in [9.17, 15) is 14.5 Å². The molecule has 0 atom stereocenters. The van der Waals surface area contributed by atoms with E-state index in [-0.39, 0.29) is 11.5 Å². The largest absolute Gasteiger partial charge is 0.350 e. The summed E-state index contributed by atoms with van der Waals surface area (Å²) < 4.78 is 13.4. The lowest BCUT2D eigenvalue weighted by atomic mass is 10.2. The molecule has 0 bridgehead atoms. The van der Waals surface area contributed by atoms with Crippen LogP contribution in [0.25, 0.3) is 0 Å². The normalized spacial score (nSPS) is 9.40. The van der Waals surface area contributed by atoms with Crippen LogP contribution in [0.15, 0.2) is 46.9 Å². The maximum atomic E-state index is 12.7. The molecule has 0 aliphatic carbocycles. The third-order valence-corrected chi connectivity index (χ3v) is 2.77. The van der Waals surface area contributed by atoms with Gasteiger partial charge in [-0.05, 0) is 36.4 Å². The second kappa shape index (κ2) is 7.59. The molecule has 106 valence electrons. The number of benzene rings is 2. The monoisotopic (exact) mass is 340 g/mol. The minimum absolute atomic E-state index is 0.0475. The zero-order chi connectivity index (χ0) is 15.1. The summed E-state index contributed by atoms with van der Waals surface area (Å²) >= 11 is 3.18. The van der Waals surface area contributed by atoms with Crippen molar-refractivity contribution in [3.05, 3.63) is 62.9 Å². The Bertz CT molecular complexity index is 588. The van der Waals surface area contributed by atoms with Crippen LogP contribution in [-0.4, -0.2) is 4.92 Å². The lowest BCUT2D eigenvalue weighted by Crippen LogP contribution is -1.97. The maximum Gasteiger partial charge on any atom is 0.293 e. The number of rotatable bonds is 3. The Hall–Kier alpha value is -1.95. The van der Waals surface area contributed by atoms with Gasteiger partial charge in [-0.25, -0.2) is 4.39 Å². The van der Waals surface area contributed by atoms with E-state index in [0.29, 0.717) is 15.8 Å². The predicted octanol–water partition coefficient (Wildman–Crippen LogP) is 5.27. The molecule has 0 aliphatic rings. The van der Waals surface area contributed by atoms with Gasteiger partial charge in [0.2, 0.25) is 0 Å². The van der Waals surface area contributed by atoms with Crippen LogP contribution in [0.2, 0.25) is 0 Å². The summed E-state index contributed by atoms with van der Waals surface area (Å²) in [6.45, 7) is 4.00. The molecule has 4 nitrogen and oxygen atoms in total. The molecule has 2 rings (SSSR count). The average Bonchev–Trinajstić information content (AvgIpc) is 2.45. The molecule has 0 aliphatic heterocycles. The highest BCUT2D eigenvalue weighted by atomic mass is 79.9. The van der Waals surface area contributed by atoms with Gasteiger partial charge in [0.15, 0.2) is 0 Å². The minimum Gasteiger partial charge on any atom is -0.350 e. The molecule has 0 spiro atoms. The average molecular weight is 341 g/mol. The van der Waals surface area contributed by atoms with E-state index in [0.717, 1.165) is 0 Å². The van der Waals surface area contributed by atoms with Gasteiger partial charge in [0.1, 0.15) is 11.5 Å². The Kier molecular flexibility index (Phi) is 6.11. The van der Waals surface area contributed by atoms with Gasteiger partial charge in [-0.3, -0.25) is 10.1 Å². The van der Waals surface area contributed by atoms with E-state index < -0.39 is 4.92 Å². The van der Waals surface area contributed by atoms with Crippen molar-refractivity contribution in [2.75, 3.05) is 5.32 Å². The highest BCUT2D eigenvalue weighted by Crippen LogP contribution is 2.30. The molecule has 1 N–H and O–H groups in total. The van der Waals surface area contributed by atoms with Gasteiger partial charge in [-0.1, -0.05) is 29.8 Å². The standard InChI is InChI=1S/C12H8BrFN2O2.C2H6/c13-8-1-6-11(12(7-8)16(17)18)15-10-4-2-9(14)3-5-10;1-2/h1-7,15H;1-2H3. The number of nitrogens with zero attached hydrogens (tertiary/aromatic N) is 1. The summed E-state index contributed by atoms with van der Waals surface area (Å²) in [7, 11) is 0. The molecule has 0 aromatic heterocycles. The third kappa shape index (κ3) is 4.31. The predicted molar refractivity (Wildman–Crippen MR) is 81.8 cm³/mol. The van der Waals surface area contributed by atoms with Crippen molar-refractivity contribution in [3.8, 4) is 0 Å². The first-order valence-corrected chi connectivity index (χ1v) is 6.82. The molecule has 0 saturated carbocycles. The minimum atomic E-state index is -0.476. The van der Waals surface area contributed by atoms with Crippen molar-refractivity contribution >= 4 is 33.0 Å². The molecule has 6 heteroatoms. The van der Waals surface area contributed by atoms with Crippen molar-refractivity contribution in [1.82, 2.24) is 0 Å². The van der Waals surface area contributed by atoms with Gasteiger partial charge < -0.3 is 5.32 Å². The summed E-state index contributed by atoms with van der Waals surface area (Å²) in [5.74, 6) is -0.356. The molecular weight excluding hydrogens is 327 g/mol. The van der Waals surface area contributed by atoms with Crippen molar-refractivity contribution in [2.24, 2.45) is 0 Å². The highest BCUT2D eigenvalue weighted by Gasteiger charge is 2.14. The Morgan fingerprint density at radius 1 is 1.15 bits per heavy atom. The van der Waals surface area contributed by atoms with Gasteiger partial charge in [0.05, 0.1) is 4.92 Å². The Balaban J connectivity index is 0.000000956. The van der Waals surface area contributed by atoms with Crippen LogP contribution in [-0.2, 0) is 0 Å². The van der Waals surface area contributed by atoms with Crippen molar-refractivity contribution < 1.29 is 9.31 Å². The number of nitro groups is 1. The SMILES string of the molecule is CC.O=[N+]([O-])c1cc(Br)ccc1Nc1ccc(F)cc1. The molecule has 0 amide bonds. The molecule has 20 heavy (non-hydrogen) atoms. The van der Waals surface area contributed by atoms with Crippen LogP contribution in [0.3, 0.4) is 0 Å². The van der Waals surface area contributed by atoms with Crippen molar-refractivity contribution in [3.63, 3.8) is 0 Å². The summed E-state index contributed by atoms with van der Waals surface area (Å²) in [4.78, 5) is 10.4. The Morgan fingerprint density at radius 3 is 2.30 bits per heavy atom. The van der Waals surface area contributed by atoms with Crippen LogP contribution in [0, 0.1) is 15.9 Å². The van der Waals surface area contributed by atoms with Crippen molar-refractivity contribution in [2.45, 2.75) is 13.8 Å². The topological polar surface area (TPSA) is 55.2 Å². The molecule has 0 heterocycles. The first-order chi connectivity index (χ1) is 9.56. The van der Waals surface area contributed by atoms with Gasteiger partial charge in [-0.2, -0.15) is 0 Å². The van der Waals surface area contributed by atoms with E-state index in [4.69, 9.17) is 0 Å². The smallest absolute Gasteiger partial charge is 0.293 e. The summed E-state index contributed by atoms with van der Waals surface area (Å²) in [5.41, 5.74) is 0.894. The number of halogens is 2. The molecule has 0 fully saturated rings. The number of nitrogens with one attached hydrogen (secondary N) is 1. The number of hydrogen-bond acceptors (Lipinski definition) is 3. The van der Waals surface area contributed by atoms with Crippen LogP contribution < -0.4 is 5.32 Å². The quantitative estimate of drug-likeness (QED) is 0.611. The molecule has 0 saturated heterocycles. The third-order valence-electron chi connectivity index (χ3n) is 2.28. The van der Waals surface area contributed by atoms with Crippen LogP contribution in [0.4, 0.5) is 21.5 Å². The number of hydrogen-bond donors (Lipinski definition) is 1. The second-order valence-corrected chi connectivity index (χ2v) is 4.47. The van der Waals surface area contributed by atoms with Crippen molar-refractivity contribution in [1.29, 1.82) is 0 Å². The van der Waals surface area contributed by atoms with Crippen LogP contribution in [0.1, 0.15) is 13.8 Å². The molecule has 0 radical (unpaired) electrons. The maximum absolute atomic E-state index is 12.7. The Morgan fingerprint density at radius 2 is 1.75 bits per heavy atom.